The molecule has 1 N–H and O–H groups in total. The number of halogens is 1. The number of carbonyl (C=O) groups is 2. The van der Waals surface area contributed by atoms with Gasteiger partial charge in [0.05, 0.1) is 18.5 Å². The molecule has 0 unspecified atom stereocenters. The normalized spacial score (nSPS) is 19.0. The van der Waals surface area contributed by atoms with E-state index in [4.69, 9.17) is 4.74 Å². The van der Waals surface area contributed by atoms with E-state index in [1.807, 2.05) is 33.7 Å². The third kappa shape index (κ3) is 5.82. The van der Waals surface area contributed by atoms with Crippen LogP contribution in [-0.4, -0.2) is 67.7 Å². The van der Waals surface area contributed by atoms with Crippen molar-refractivity contribution >= 4 is 28.9 Å². The average Bonchev–Trinajstić information content (AvgIpc) is 3.09. The van der Waals surface area contributed by atoms with Crippen LogP contribution in [0.2, 0.25) is 0 Å². The zero-order valence-electron chi connectivity index (χ0n) is 25.7. The minimum absolute atomic E-state index is 0.0365. The molecule has 9 nitrogen and oxygen atoms in total. The maximum absolute atomic E-state index is 13.8. The van der Waals surface area contributed by atoms with Crippen LogP contribution in [0.1, 0.15) is 38.7 Å². The van der Waals surface area contributed by atoms with E-state index in [0.717, 1.165) is 30.0 Å². The lowest BCUT2D eigenvalue weighted by Gasteiger charge is -2.44. The zero-order valence-corrected chi connectivity index (χ0v) is 25.7. The number of piperazine rings is 1. The SMILES string of the molecule is COc1ccc(C(=O)Nc2cc(C(=O)N3CCN(c4ccc(F)cc4)CC3)ccc2N2C[C@H]3C[C@@H](C2)c2cccc(=O)n2C3)cc1. The summed E-state index contributed by atoms with van der Waals surface area (Å²) in [6, 6.07) is 24.4. The quantitative estimate of drug-likeness (QED) is 0.332. The smallest absolute Gasteiger partial charge is 0.255 e. The number of hydrogen-bond donors (Lipinski definition) is 1. The van der Waals surface area contributed by atoms with Crippen molar-refractivity contribution in [3.63, 3.8) is 0 Å². The number of pyridine rings is 1. The molecule has 4 heterocycles. The highest BCUT2D eigenvalue weighted by Crippen LogP contribution is 2.39. The number of nitrogens with zero attached hydrogens (tertiary/aromatic N) is 4. The molecule has 0 radical (unpaired) electrons. The summed E-state index contributed by atoms with van der Waals surface area (Å²) in [5.41, 5.74) is 4.41. The Hall–Kier alpha value is -5.12. The summed E-state index contributed by atoms with van der Waals surface area (Å²) in [5, 5.41) is 3.10. The van der Waals surface area contributed by atoms with Crippen LogP contribution in [0, 0.1) is 11.7 Å². The molecule has 236 valence electrons. The number of benzene rings is 3. The van der Waals surface area contributed by atoms with Crippen LogP contribution in [0.3, 0.4) is 0 Å². The lowest BCUT2D eigenvalue weighted by molar-refractivity contribution is 0.0746. The van der Waals surface area contributed by atoms with Crippen molar-refractivity contribution in [3.05, 3.63) is 118 Å². The van der Waals surface area contributed by atoms with Crippen molar-refractivity contribution in [2.45, 2.75) is 18.9 Å². The largest absolute Gasteiger partial charge is 0.497 e. The van der Waals surface area contributed by atoms with Crippen LogP contribution in [-0.2, 0) is 6.54 Å². The van der Waals surface area contributed by atoms with E-state index in [1.165, 1.54) is 12.1 Å². The summed E-state index contributed by atoms with van der Waals surface area (Å²) in [4.78, 5) is 46.1. The van der Waals surface area contributed by atoms with Crippen molar-refractivity contribution < 1.29 is 18.7 Å². The Morgan fingerprint density at radius 1 is 0.826 bits per heavy atom. The van der Waals surface area contributed by atoms with Gasteiger partial charge in [-0.25, -0.2) is 4.39 Å². The van der Waals surface area contributed by atoms with Crippen LogP contribution in [0.25, 0.3) is 0 Å². The third-order valence-corrected chi connectivity index (χ3v) is 9.42. The molecule has 0 saturated carbocycles. The number of ether oxygens (including phenoxy) is 1. The number of hydrogen-bond acceptors (Lipinski definition) is 6. The van der Waals surface area contributed by atoms with Crippen molar-refractivity contribution in [1.29, 1.82) is 0 Å². The van der Waals surface area contributed by atoms with Gasteiger partial charge in [0, 0.05) is 80.3 Å². The first-order chi connectivity index (χ1) is 22.4. The fourth-order valence-corrected chi connectivity index (χ4v) is 7.08. The average molecular weight is 622 g/mol. The molecule has 1 aromatic heterocycles. The maximum Gasteiger partial charge on any atom is 0.255 e. The molecule has 3 aliphatic heterocycles. The van der Waals surface area contributed by atoms with E-state index in [-0.39, 0.29) is 35.0 Å². The highest BCUT2D eigenvalue weighted by molar-refractivity contribution is 6.07. The first-order valence-corrected chi connectivity index (χ1v) is 15.7. The Bertz CT molecular complexity index is 1820. The van der Waals surface area contributed by atoms with E-state index in [0.29, 0.717) is 61.8 Å². The number of rotatable bonds is 6. The second-order valence-electron chi connectivity index (χ2n) is 12.3. The van der Waals surface area contributed by atoms with Gasteiger partial charge in [-0.2, -0.15) is 0 Å². The van der Waals surface area contributed by atoms with Gasteiger partial charge in [-0.1, -0.05) is 6.07 Å². The molecule has 2 saturated heterocycles. The van der Waals surface area contributed by atoms with Gasteiger partial charge in [-0.05, 0) is 85.1 Å². The molecule has 0 aliphatic carbocycles. The number of aromatic nitrogens is 1. The lowest BCUT2D eigenvalue weighted by atomic mass is 9.83. The van der Waals surface area contributed by atoms with Gasteiger partial charge in [0.25, 0.3) is 17.4 Å². The molecule has 2 amide bonds. The van der Waals surface area contributed by atoms with E-state index >= 15 is 0 Å². The number of amides is 2. The minimum Gasteiger partial charge on any atom is -0.497 e. The summed E-state index contributed by atoms with van der Waals surface area (Å²) >= 11 is 0. The first kappa shape index (κ1) is 29.6. The molecular formula is C36H36FN5O4. The molecule has 0 spiro atoms. The van der Waals surface area contributed by atoms with E-state index in [2.05, 4.69) is 15.1 Å². The fourth-order valence-electron chi connectivity index (χ4n) is 7.08. The molecular weight excluding hydrogens is 585 g/mol. The Labute approximate surface area is 266 Å². The second-order valence-corrected chi connectivity index (χ2v) is 12.3. The number of nitrogens with one attached hydrogen (secondary N) is 1. The Morgan fingerprint density at radius 3 is 2.30 bits per heavy atom. The Morgan fingerprint density at radius 2 is 1.57 bits per heavy atom. The van der Waals surface area contributed by atoms with Crippen molar-refractivity contribution in [3.8, 4) is 5.75 Å². The number of carbonyl (C=O) groups excluding carboxylic acids is 2. The monoisotopic (exact) mass is 621 g/mol. The van der Waals surface area contributed by atoms with Crippen molar-refractivity contribution in [2.75, 3.05) is 61.5 Å². The number of methoxy groups -OCH3 is 1. The van der Waals surface area contributed by atoms with Crippen LogP contribution >= 0.6 is 0 Å². The summed E-state index contributed by atoms with van der Waals surface area (Å²) in [5.74, 6) is 0.470. The Balaban J connectivity index is 1.15. The molecule has 3 aliphatic rings. The van der Waals surface area contributed by atoms with E-state index < -0.39 is 0 Å². The third-order valence-electron chi connectivity index (χ3n) is 9.42. The fraction of sp³-hybridized carbons (Fsp3) is 0.306. The summed E-state index contributed by atoms with van der Waals surface area (Å²) < 4.78 is 20.6. The first-order valence-electron chi connectivity index (χ1n) is 15.7. The molecule has 7 rings (SSSR count). The standard InChI is InChI=1S/C36H36FN5O4/c1-46-30-12-5-25(6-13-30)35(44)38-31-20-26(36(45)40-17-15-39(16-18-40)29-10-8-28(37)9-11-29)7-14-33(31)41-21-24-19-27(23-41)32-3-2-4-34(43)42(32)22-24/h2-14,20,24,27H,15-19,21-23H2,1H3,(H,38,44)/t24-,27+/m1/s1. The molecule has 46 heavy (non-hydrogen) atoms. The Kier molecular flexibility index (Phi) is 7.94. The summed E-state index contributed by atoms with van der Waals surface area (Å²) in [6.45, 7) is 4.43. The van der Waals surface area contributed by atoms with Crippen LogP contribution < -0.4 is 25.4 Å². The minimum atomic E-state index is -0.282. The van der Waals surface area contributed by atoms with Gasteiger partial charge >= 0.3 is 0 Å². The molecule has 3 aromatic carbocycles. The van der Waals surface area contributed by atoms with Crippen LogP contribution in [0.4, 0.5) is 21.5 Å². The van der Waals surface area contributed by atoms with Crippen LogP contribution in [0.15, 0.2) is 89.7 Å². The van der Waals surface area contributed by atoms with Crippen molar-refractivity contribution in [1.82, 2.24) is 9.47 Å². The van der Waals surface area contributed by atoms with Crippen LogP contribution in [0.5, 0.6) is 5.75 Å². The number of piperidine rings is 1. The topological polar surface area (TPSA) is 87.1 Å². The van der Waals surface area contributed by atoms with Gasteiger partial charge in [-0.3, -0.25) is 14.4 Å². The van der Waals surface area contributed by atoms with Gasteiger partial charge in [0.1, 0.15) is 11.6 Å². The van der Waals surface area contributed by atoms with Gasteiger partial charge < -0.3 is 29.3 Å². The van der Waals surface area contributed by atoms with Gasteiger partial charge in [0.15, 0.2) is 0 Å². The van der Waals surface area contributed by atoms with Crippen molar-refractivity contribution in [2.24, 2.45) is 5.92 Å². The maximum atomic E-state index is 13.8. The molecule has 4 aromatic rings. The number of fused-ring (bicyclic) bond motifs is 4. The molecule has 2 atom stereocenters. The molecule has 10 heteroatoms. The number of anilines is 3. The van der Waals surface area contributed by atoms with Gasteiger partial charge in [0.2, 0.25) is 0 Å². The highest BCUT2D eigenvalue weighted by atomic mass is 19.1. The summed E-state index contributed by atoms with van der Waals surface area (Å²) in [6.07, 6.45) is 1.01. The van der Waals surface area contributed by atoms with Gasteiger partial charge in [-0.15, -0.1) is 0 Å². The lowest BCUT2D eigenvalue weighted by Crippen LogP contribution is -2.49. The molecule has 2 fully saturated rings. The molecule has 2 bridgehead atoms. The summed E-state index contributed by atoms with van der Waals surface area (Å²) in [7, 11) is 1.58. The predicted molar refractivity (Wildman–Crippen MR) is 176 cm³/mol. The van der Waals surface area contributed by atoms with E-state index in [9.17, 15) is 18.8 Å². The highest BCUT2D eigenvalue weighted by Gasteiger charge is 2.35. The van der Waals surface area contributed by atoms with E-state index in [1.54, 1.807) is 55.6 Å². The zero-order chi connectivity index (χ0) is 31.8. The second kappa shape index (κ2) is 12.3. The predicted octanol–water partition coefficient (Wildman–Crippen LogP) is 4.83.